The quantitative estimate of drug-likeness (QED) is 0.880. The van der Waals surface area contributed by atoms with E-state index >= 15 is 0 Å². The number of nitrogens with two attached hydrogens (primary N) is 1. The monoisotopic (exact) mass is 266 g/mol. The third-order valence-electron chi connectivity index (χ3n) is 3.96. The Morgan fingerprint density at radius 3 is 2.63 bits per heavy atom. The van der Waals surface area contributed by atoms with E-state index in [1.807, 2.05) is 18.0 Å². The predicted molar refractivity (Wildman–Crippen MR) is 75.7 cm³/mol. The van der Waals surface area contributed by atoms with E-state index in [1.165, 1.54) is 6.07 Å². The second kappa shape index (κ2) is 5.47. The largest absolute Gasteiger partial charge is 0.388 e. The molecular weight excluding hydrogens is 243 g/mol. The van der Waals surface area contributed by atoms with Crippen LogP contribution in [0.4, 0.5) is 10.1 Å². The maximum atomic E-state index is 13.9. The van der Waals surface area contributed by atoms with Gasteiger partial charge >= 0.3 is 0 Å². The van der Waals surface area contributed by atoms with Gasteiger partial charge in [-0.1, -0.05) is 18.9 Å². The summed E-state index contributed by atoms with van der Waals surface area (Å²) in [7, 11) is 1.89. The smallest absolute Gasteiger partial charge is 0.130 e. The Bertz CT molecular complexity index is 442. The lowest BCUT2D eigenvalue weighted by Crippen LogP contribution is -2.39. The summed E-state index contributed by atoms with van der Waals surface area (Å²) >= 11 is 0. The SMILES string of the molecule is CC(N)c1c(F)cccc1N(C)CC1(O)CCCC1. The van der Waals surface area contributed by atoms with E-state index in [1.54, 1.807) is 13.0 Å². The van der Waals surface area contributed by atoms with Gasteiger partial charge in [0.1, 0.15) is 5.82 Å². The normalized spacial score (nSPS) is 19.4. The van der Waals surface area contributed by atoms with Crippen LogP contribution in [0.1, 0.15) is 44.2 Å². The molecule has 19 heavy (non-hydrogen) atoms. The average molecular weight is 266 g/mol. The maximum absolute atomic E-state index is 13.9. The van der Waals surface area contributed by atoms with Gasteiger partial charge in [-0.25, -0.2) is 4.39 Å². The van der Waals surface area contributed by atoms with E-state index in [0.29, 0.717) is 12.1 Å². The fourth-order valence-electron chi connectivity index (χ4n) is 3.03. The number of aliphatic hydroxyl groups is 1. The number of hydrogen-bond donors (Lipinski definition) is 2. The van der Waals surface area contributed by atoms with Crippen molar-refractivity contribution in [3.05, 3.63) is 29.6 Å². The van der Waals surface area contributed by atoms with Crippen molar-refractivity contribution in [2.45, 2.75) is 44.2 Å². The summed E-state index contributed by atoms with van der Waals surface area (Å²) in [6.45, 7) is 2.30. The van der Waals surface area contributed by atoms with Crippen molar-refractivity contribution >= 4 is 5.69 Å². The molecule has 1 atom stereocenters. The standard InChI is InChI=1S/C15H23FN2O/c1-11(17)14-12(16)6-5-7-13(14)18(2)10-15(19)8-3-4-9-15/h5-7,11,19H,3-4,8-10,17H2,1-2H3. The Morgan fingerprint density at radius 2 is 2.05 bits per heavy atom. The molecule has 106 valence electrons. The third-order valence-corrected chi connectivity index (χ3v) is 3.96. The Hall–Kier alpha value is -1.13. The molecule has 1 aromatic carbocycles. The number of halogens is 1. The second-order valence-electron chi connectivity index (χ2n) is 5.75. The van der Waals surface area contributed by atoms with Gasteiger partial charge < -0.3 is 15.7 Å². The molecule has 1 fully saturated rings. The lowest BCUT2D eigenvalue weighted by Gasteiger charge is -2.32. The first-order valence-electron chi connectivity index (χ1n) is 6.90. The van der Waals surface area contributed by atoms with Gasteiger partial charge in [-0.3, -0.25) is 0 Å². The molecule has 0 bridgehead atoms. The van der Waals surface area contributed by atoms with Crippen molar-refractivity contribution in [1.29, 1.82) is 0 Å². The minimum Gasteiger partial charge on any atom is -0.388 e. The fraction of sp³-hybridized carbons (Fsp3) is 0.600. The first-order valence-corrected chi connectivity index (χ1v) is 6.90. The van der Waals surface area contributed by atoms with Crippen LogP contribution in [0.15, 0.2) is 18.2 Å². The number of nitrogens with zero attached hydrogens (tertiary/aromatic N) is 1. The van der Waals surface area contributed by atoms with Crippen molar-refractivity contribution in [3.63, 3.8) is 0 Å². The molecule has 2 rings (SSSR count). The third kappa shape index (κ3) is 3.07. The van der Waals surface area contributed by atoms with Crippen LogP contribution in [-0.2, 0) is 0 Å². The molecule has 0 aromatic heterocycles. The van der Waals surface area contributed by atoms with E-state index in [-0.39, 0.29) is 11.9 Å². The summed E-state index contributed by atoms with van der Waals surface area (Å²) in [5.41, 5.74) is 6.52. The summed E-state index contributed by atoms with van der Waals surface area (Å²) < 4.78 is 13.9. The van der Waals surface area contributed by atoms with Crippen LogP contribution < -0.4 is 10.6 Å². The van der Waals surface area contributed by atoms with Gasteiger partial charge in [0.15, 0.2) is 0 Å². The Balaban J connectivity index is 2.23. The van der Waals surface area contributed by atoms with Gasteiger partial charge in [0, 0.05) is 30.9 Å². The van der Waals surface area contributed by atoms with Crippen LogP contribution in [-0.4, -0.2) is 24.3 Å². The summed E-state index contributed by atoms with van der Waals surface area (Å²) in [5, 5.41) is 10.5. The highest BCUT2D eigenvalue weighted by Gasteiger charge is 2.33. The van der Waals surface area contributed by atoms with Crippen LogP contribution in [0.5, 0.6) is 0 Å². The maximum Gasteiger partial charge on any atom is 0.130 e. The lowest BCUT2D eigenvalue weighted by molar-refractivity contribution is 0.0559. The average Bonchev–Trinajstić information content (AvgIpc) is 2.74. The van der Waals surface area contributed by atoms with Gasteiger partial charge in [-0.05, 0) is 31.9 Å². The van der Waals surface area contributed by atoms with Crippen molar-refractivity contribution < 1.29 is 9.50 Å². The van der Waals surface area contributed by atoms with Crippen LogP contribution in [0.2, 0.25) is 0 Å². The molecule has 0 aliphatic heterocycles. The van der Waals surface area contributed by atoms with Crippen LogP contribution >= 0.6 is 0 Å². The molecule has 0 saturated heterocycles. The second-order valence-corrected chi connectivity index (χ2v) is 5.75. The van der Waals surface area contributed by atoms with E-state index in [9.17, 15) is 9.50 Å². The summed E-state index contributed by atoms with van der Waals surface area (Å²) in [6, 6.07) is 4.61. The van der Waals surface area contributed by atoms with Gasteiger partial charge in [0.2, 0.25) is 0 Å². The lowest BCUT2D eigenvalue weighted by atomic mass is 10.00. The minimum absolute atomic E-state index is 0.280. The van der Waals surface area contributed by atoms with E-state index in [4.69, 9.17) is 5.73 Å². The minimum atomic E-state index is -0.643. The highest BCUT2D eigenvalue weighted by molar-refractivity contribution is 5.55. The Labute approximate surface area is 114 Å². The number of likely N-dealkylation sites (N-methyl/N-ethyl adjacent to an activating group) is 1. The zero-order chi connectivity index (χ0) is 14.0. The number of anilines is 1. The van der Waals surface area contributed by atoms with Gasteiger partial charge in [-0.2, -0.15) is 0 Å². The van der Waals surface area contributed by atoms with Gasteiger partial charge in [0.05, 0.1) is 5.60 Å². The zero-order valence-corrected chi connectivity index (χ0v) is 11.7. The number of benzene rings is 1. The molecule has 1 unspecified atom stereocenters. The highest BCUT2D eigenvalue weighted by atomic mass is 19.1. The highest BCUT2D eigenvalue weighted by Crippen LogP contribution is 2.33. The van der Waals surface area contributed by atoms with Crippen molar-refractivity contribution in [2.24, 2.45) is 5.73 Å². The number of hydrogen-bond acceptors (Lipinski definition) is 3. The first kappa shape index (κ1) is 14.3. The number of rotatable bonds is 4. The fourth-order valence-corrected chi connectivity index (χ4v) is 3.03. The molecule has 1 aliphatic rings. The van der Waals surface area contributed by atoms with Crippen molar-refractivity contribution in [3.8, 4) is 0 Å². The summed E-state index contributed by atoms with van der Waals surface area (Å²) in [4.78, 5) is 1.92. The summed E-state index contributed by atoms with van der Waals surface area (Å²) in [5.74, 6) is -0.280. The Morgan fingerprint density at radius 1 is 1.42 bits per heavy atom. The molecule has 3 nitrogen and oxygen atoms in total. The van der Waals surface area contributed by atoms with Crippen molar-refractivity contribution in [1.82, 2.24) is 0 Å². The molecule has 4 heteroatoms. The van der Waals surface area contributed by atoms with Crippen molar-refractivity contribution in [2.75, 3.05) is 18.5 Å². The predicted octanol–water partition coefficient (Wildman–Crippen LogP) is 2.59. The topological polar surface area (TPSA) is 49.5 Å². The zero-order valence-electron chi connectivity index (χ0n) is 11.7. The first-order chi connectivity index (χ1) is 8.93. The van der Waals surface area contributed by atoms with Crippen LogP contribution in [0.25, 0.3) is 0 Å². The summed E-state index contributed by atoms with van der Waals surface area (Å²) in [6.07, 6.45) is 3.77. The molecule has 1 aromatic rings. The van der Waals surface area contributed by atoms with Crippen LogP contribution in [0.3, 0.4) is 0 Å². The van der Waals surface area contributed by atoms with E-state index in [0.717, 1.165) is 31.4 Å². The molecule has 0 amide bonds. The Kier molecular flexibility index (Phi) is 4.11. The molecule has 1 aliphatic carbocycles. The van der Waals surface area contributed by atoms with E-state index < -0.39 is 5.60 Å². The molecule has 0 radical (unpaired) electrons. The molecular formula is C15H23FN2O. The molecule has 0 heterocycles. The van der Waals surface area contributed by atoms with Gasteiger partial charge in [-0.15, -0.1) is 0 Å². The van der Waals surface area contributed by atoms with Gasteiger partial charge in [0.25, 0.3) is 0 Å². The molecule has 1 saturated carbocycles. The molecule has 0 spiro atoms. The van der Waals surface area contributed by atoms with Crippen LogP contribution in [0, 0.1) is 5.82 Å². The van der Waals surface area contributed by atoms with E-state index in [2.05, 4.69) is 0 Å². The molecule has 3 N–H and O–H groups in total.